The number of benzene rings is 1. The van der Waals surface area contributed by atoms with Crippen molar-refractivity contribution in [2.75, 3.05) is 5.32 Å². The first kappa shape index (κ1) is 12.7. The molecule has 21 heavy (non-hydrogen) atoms. The molecule has 3 nitrogen and oxygen atoms in total. The number of nitrogens with zero attached hydrogens (tertiary/aromatic N) is 2. The van der Waals surface area contributed by atoms with Gasteiger partial charge < -0.3 is 5.32 Å². The summed E-state index contributed by atoms with van der Waals surface area (Å²) >= 11 is 7.69. The molecule has 5 unspecified atom stereocenters. The average molecular weight is 320 g/mol. The summed E-state index contributed by atoms with van der Waals surface area (Å²) in [5, 5.41) is 4.53. The van der Waals surface area contributed by atoms with E-state index in [4.69, 9.17) is 11.6 Å². The predicted molar refractivity (Wildman–Crippen MR) is 86.9 cm³/mol. The molecule has 3 fully saturated rings. The summed E-state index contributed by atoms with van der Waals surface area (Å²) in [7, 11) is 0. The second-order valence-corrected chi connectivity index (χ2v) is 7.89. The van der Waals surface area contributed by atoms with E-state index in [0.29, 0.717) is 6.04 Å². The third-order valence-corrected chi connectivity index (χ3v) is 6.99. The van der Waals surface area contributed by atoms with Crippen molar-refractivity contribution >= 4 is 40.0 Å². The van der Waals surface area contributed by atoms with Gasteiger partial charge in [0.15, 0.2) is 0 Å². The van der Waals surface area contributed by atoms with E-state index < -0.39 is 0 Å². The number of anilines is 1. The van der Waals surface area contributed by atoms with Crippen LogP contribution in [-0.4, -0.2) is 14.8 Å². The molecule has 0 aliphatic heterocycles. The van der Waals surface area contributed by atoms with Gasteiger partial charge in [-0.3, -0.25) is 0 Å². The molecule has 5 heteroatoms. The Morgan fingerprint density at radius 2 is 2.00 bits per heavy atom. The van der Waals surface area contributed by atoms with E-state index in [9.17, 15) is 0 Å². The summed E-state index contributed by atoms with van der Waals surface area (Å²) in [6.45, 7) is 0. The van der Waals surface area contributed by atoms with Gasteiger partial charge in [0, 0.05) is 6.04 Å². The maximum atomic E-state index is 6.43. The monoisotopic (exact) mass is 319 g/mol. The number of rotatable bonds is 2. The van der Waals surface area contributed by atoms with Crippen LogP contribution in [0.4, 0.5) is 5.69 Å². The Balaban J connectivity index is 1.47. The number of aromatic nitrogens is 2. The van der Waals surface area contributed by atoms with E-state index in [1.807, 2.05) is 12.1 Å². The van der Waals surface area contributed by atoms with E-state index in [-0.39, 0.29) is 0 Å². The van der Waals surface area contributed by atoms with Gasteiger partial charge in [-0.1, -0.05) is 18.0 Å². The van der Waals surface area contributed by atoms with Crippen LogP contribution in [-0.2, 0) is 0 Å². The Morgan fingerprint density at radius 1 is 1.10 bits per heavy atom. The van der Waals surface area contributed by atoms with Crippen molar-refractivity contribution < 1.29 is 0 Å². The second-order valence-electron chi connectivity index (χ2n) is 6.96. The lowest BCUT2D eigenvalue weighted by Crippen LogP contribution is -2.34. The molecule has 1 heterocycles. The number of nitrogens with one attached hydrogen (secondary N) is 1. The van der Waals surface area contributed by atoms with Crippen LogP contribution in [0.5, 0.6) is 0 Å². The molecule has 1 N–H and O–H groups in total. The summed E-state index contributed by atoms with van der Waals surface area (Å²) in [6.07, 6.45) is 7.11. The minimum absolute atomic E-state index is 0.583. The summed E-state index contributed by atoms with van der Waals surface area (Å²) < 4.78 is 8.76. The summed E-state index contributed by atoms with van der Waals surface area (Å²) in [5.74, 6) is 3.79. The van der Waals surface area contributed by atoms with Crippen molar-refractivity contribution in [3.8, 4) is 0 Å². The highest BCUT2D eigenvalue weighted by Crippen LogP contribution is 2.59. The lowest BCUT2D eigenvalue weighted by Gasteiger charge is -2.32. The maximum Gasteiger partial charge on any atom is 0.129 e. The lowest BCUT2D eigenvalue weighted by atomic mass is 9.79. The fourth-order valence-corrected chi connectivity index (χ4v) is 6.13. The van der Waals surface area contributed by atoms with Gasteiger partial charge in [0.2, 0.25) is 0 Å². The highest BCUT2D eigenvalue weighted by atomic mass is 35.5. The predicted octanol–water partition coefficient (Wildman–Crippen LogP) is 4.58. The van der Waals surface area contributed by atoms with Crippen LogP contribution >= 0.6 is 23.3 Å². The van der Waals surface area contributed by atoms with Crippen molar-refractivity contribution in [3.63, 3.8) is 0 Å². The first-order chi connectivity index (χ1) is 10.3. The highest BCUT2D eigenvalue weighted by molar-refractivity contribution is 7.00. The van der Waals surface area contributed by atoms with Crippen LogP contribution in [0.15, 0.2) is 12.1 Å². The Bertz CT molecular complexity index is 700. The Hall–Kier alpha value is -0.870. The van der Waals surface area contributed by atoms with Gasteiger partial charge in [-0.05, 0) is 61.5 Å². The molecule has 0 radical (unpaired) electrons. The molecule has 0 spiro atoms. The zero-order valence-electron chi connectivity index (χ0n) is 11.8. The first-order valence-electron chi connectivity index (χ1n) is 7.98. The van der Waals surface area contributed by atoms with Gasteiger partial charge in [-0.2, -0.15) is 8.75 Å². The molecule has 5 rings (SSSR count). The van der Waals surface area contributed by atoms with Crippen molar-refractivity contribution in [3.05, 3.63) is 17.2 Å². The molecule has 3 saturated carbocycles. The summed E-state index contributed by atoms with van der Waals surface area (Å²) in [6, 6.07) is 4.48. The molecule has 0 saturated heterocycles. The van der Waals surface area contributed by atoms with Crippen LogP contribution < -0.4 is 5.32 Å². The van der Waals surface area contributed by atoms with Gasteiger partial charge in [0.25, 0.3) is 0 Å². The third kappa shape index (κ3) is 1.78. The number of hydrogen-bond acceptors (Lipinski definition) is 4. The van der Waals surface area contributed by atoms with E-state index in [2.05, 4.69) is 14.1 Å². The summed E-state index contributed by atoms with van der Waals surface area (Å²) in [5.41, 5.74) is 2.90. The van der Waals surface area contributed by atoms with Crippen LogP contribution in [0.3, 0.4) is 0 Å². The molecule has 0 amide bonds. The standard InChI is InChI=1S/C16H18ClN3S/c17-12-4-5-13-16(20-21-19-13)15(12)18-14-7-8-6-11(14)10-3-1-2-9(8)10/h4-5,8-11,14,18H,1-3,6-7H2. The smallest absolute Gasteiger partial charge is 0.129 e. The average Bonchev–Trinajstić information content (AvgIpc) is 3.22. The van der Waals surface area contributed by atoms with Crippen LogP contribution in [0.25, 0.3) is 11.0 Å². The van der Waals surface area contributed by atoms with E-state index >= 15 is 0 Å². The van der Waals surface area contributed by atoms with Crippen LogP contribution in [0.1, 0.15) is 32.1 Å². The van der Waals surface area contributed by atoms with E-state index in [1.54, 1.807) is 0 Å². The highest BCUT2D eigenvalue weighted by Gasteiger charge is 2.53. The van der Waals surface area contributed by atoms with Crippen molar-refractivity contribution in [2.24, 2.45) is 23.7 Å². The second kappa shape index (κ2) is 4.56. The molecule has 2 aromatic rings. The number of fused-ring (bicyclic) bond motifs is 6. The van der Waals surface area contributed by atoms with Crippen LogP contribution in [0, 0.1) is 23.7 Å². The normalized spacial score (nSPS) is 37.3. The van der Waals surface area contributed by atoms with Crippen LogP contribution in [0.2, 0.25) is 5.02 Å². The van der Waals surface area contributed by atoms with Crippen molar-refractivity contribution in [2.45, 2.75) is 38.1 Å². The first-order valence-corrected chi connectivity index (χ1v) is 9.09. The zero-order chi connectivity index (χ0) is 14.0. The quantitative estimate of drug-likeness (QED) is 0.880. The van der Waals surface area contributed by atoms with Crippen molar-refractivity contribution in [1.82, 2.24) is 8.75 Å². The largest absolute Gasteiger partial charge is 0.379 e. The minimum Gasteiger partial charge on any atom is -0.379 e. The molecule has 3 aliphatic carbocycles. The summed E-state index contributed by atoms with van der Waals surface area (Å²) in [4.78, 5) is 0. The molecule has 2 bridgehead atoms. The Morgan fingerprint density at radius 3 is 2.95 bits per heavy atom. The fraction of sp³-hybridized carbons (Fsp3) is 0.625. The van der Waals surface area contributed by atoms with Gasteiger partial charge in [0.05, 0.1) is 22.4 Å². The zero-order valence-corrected chi connectivity index (χ0v) is 13.3. The molecular formula is C16H18ClN3S. The Labute approximate surface area is 133 Å². The van der Waals surface area contributed by atoms with E-state index in [1.165, 1.54) is 43.8 Å². The molecular weight excluding hydrogens is 302 g/mol. The van der Waals surface area contributed by atoms with E-state index in [0.717, 1.165) is 45.4 Å². The van der Waals surface area contributed by atoms with Gasteiger partial charge >= 0.3 is 0 Å². The molecule has 1 aromatic carbocycles. The maximum absolute atomic E-state index is 6.43. The Kier molecular flexibility index (Phi) is 2.75. The number of halogens is 1. The van der Waals surface area contributed by atoms with Gasteiger partial charge in [-0.25, -0.2) is 0 Å². The molecule has 5 atom stereocenters. The van der Waals surface area contributed by atoms with Crippen molar-refractivity contribution in [1.29, 1.82) is 0 Å². The van der Waals surface area contributed by atoms with Gasteiger partial charge in [-0.15, -0.1) is 0 Å². The number of hydrogen-bond donors (Lipinski definition) is 1. The molecule has 3 aliphatic rings. The topological polar surface area (TPSA) is 37.8 Å². The molecule has 110 valence electrons. The van der Waals surface area contributed by atoms with Gasteiger partial charge in [0.1, 0.15) is 11.0 Å². The third-order valence-electron chi connectivity index (χ3n) is 6.14. The SMILES string of the molecule is Clc1ccc2nsnc2c1NC1CC2CC1C1CCCC21. The molecule has 1 aromatic heterocycles. The minimum atomic E-state index is 0.583. The fourth-order valence-electron chi connectivity index (χ4n) is 5.38. The lowest BCUT2D eigenvalue weighted by molar-refractivity contribution is 0.243.